The van der Waals surface area contributed by atoms with Gasteiger partial charge in [0.05, 0.1) is 0 Å². The van der Waals surface area contributed by atoms with Crippen molar-refractivity contribution in [2.45, 2.75) is 0 Å². The van der Waals surface area contributed by atoms with Gasteiger partial charge in [0.1, 0.15) is 7.85 Å². The van der Waals surface area contributed by atoms with E-state index >= 15 is 0 Å². The van der Waals surface area contributed by atoms with Crippen molar-refractivity contribution in [3.63, 3.8) is 0 Å². The van der Waals surface area contributed by atoms with Crippen molar-refractivity contribution in [3.8, 4) is 0 Å². The van der Waals surface area contributed by atoms with Crippen molar-refractivity contribution in [1.29, 1.82) is 0 Å². The quantitative estimate of drug-likeness (QED) is 0.250. The third-order valence-electron chi connectivity index (χ3n) is 0.129. The first-order valence-electron chi connectivity index (χ1n) is 1.18. The van der Waals surface area contributed by atoms with E-state index in [1.807, 2.05) is 7.85 Å². The molecule has 0 aromatic carbocycles. The van der Waals surface area contributed by atoms with Crippen molar-refractivity contribution in [2.24, 2.45) is 0 Å². The fourth-order valence-electron chi connectivity index (χ4n) is 0. The zero-order valence-corrected chi connectivity index (χ0v) is 3.46. The van der Waals surface area contributed by atoms with Crippen LogP contribution in [0.2, 0.25) is 0 Å². The molecule has 0 aromatic rings. The smallest absolute Gasteiger partial charge is 0.136 e. The van der Waals surface area contributed by atoms with Gasteiger partial charge in [-0.3, -0.25) is 0 Å². The van der Waals surface area contributed by atoms with E-state index in [9.17, 15) is 0 Å². The van der Waals surface area contributed by atoms with Crippen LogP contribution >= 0.6 is 12.9 Å². The van der Waals surface area contributed by atoms with Crippen LogP contribution < -0.4 is 0 Å². The highest BCUT2D eigenvalue weighted by Crippen LogP contribution is 1.66. The average molecular weight is 75.9 g/mol. The molecular weight excluding hydrogens is 70.9 g/mol. The molecule has 4 heavy (non-hydrogen) atoms. The number of hydrogen-bond donors (Lipinski definition) is 1. The fourth-order valence-corrected chi connectivity index (χ4v) is 0. The van der Waals surface area contributed by atoms with Crippen LogP contribution in [0.15, 0.2) is 0 Å². The maximum atomic E-state index is 4.24. The summed E-state index contributed by atoms with van der Waals surface area (Å²) in [6, 6.07) is 0. The normalized spacial score (nSPS) is 7.25. The van der Waals surface area contributed by atoms with Gasteiger partial charge in [-0.1, -0.05) is 0 Å². The Labute approximate surface area is 32.4 Å². The molecule has 3 heteroatoms. The van der Waals surface area contributed by atoms with Gasteiger partial charge in [-0.05, 0) is 12.9 Å². The van der Waals surface area contributed by atoms with Crippen LogP contribution in [0.3, 0.4) is 0 Å². The second-order valence-electron chi connectivity index (χ2n) is 0.418. The van der Waals surface area contributed by atoms with Gasteiger partial charge in [-0.25, -0.2) is 0 Å². The van der Waals surface area contributed by atoms with E-state index in [1.165, 1.54) is 0 Å². The van der Waals surface area contributed by atoms with Crippen LogP contribution in [0.1, 0.15) is 0 Å². The Balaban J connectivity index is 1.97. The van der Waals surface area contributed by atoms with E-state index in [0.717, 1.165) is 0 Å². The zero-order valence-electron chi connectivity index (χ0n) is 2.56. The summed E-state index contributed by atoms with van der Waals surface area (Å²) < 4.78 is 4.24. The molecule has 0 rings (SSSR count). The van der Waals surface area contributed by atoms with Gasteiger partial charge in [0.15, 0.2) is 0 Å². The molecule has 0 saturated carbocycles. The monoisotopic (exact) mass is 76.0 g/mol. The van der Waals surface area contributed by atoms with Crippen LogP contribution in [-0.4, -0.2) is 14.4 Å². The second-order valence-corrected chi connectivity index (χ2v) is 0.676. The lowest BCUT2D eigenvalue weighted by Gasteiger charge is -1.73. The number of thiol groups is 1. The van der Waals surface area contributed by atoms with Gasteiger partial charge < -0.3 is 4.18 Å². The summed E-state index contributed by atoms with van der Waals surface area (Å²) in [6.45, 7) is 0.684. The van der Waals surface area contributed by atoms with E-state index in [4.69, 9.17) is 0 Å². The minimum atomic E-state index is 0.684. The molecule has 24 valence electrons. The Kier molecular flexibility index (Phi) is 3.69. The minimum absolute atomic E-state index is 0.684. The molecule has 0 spiro atoms. The zero-order chi connectivity index (χ0) is 3.41. The standard InChI is InChI=1S/CH5BOS/c2-1-3-4/h4H,1-2H2. The predicted octanol–water partition coefficient (Wildman–Crippen LogP) is -0.562. The molecule has 0 radical (unpaired) electrons. The highest BCUT2D eigenvalue weighted by molar-refractivity contribution is 7.75. The Bertz CT molecular complexity index is 10.0. The van der Waals surface area contributed by atoms with E-state index in [2.05, 4.69) is 17.1 Å². The molecular formula is CH5BOS. The van der Waals surface area contributed by atoms with Crippen molar-refractivity contribution in [2.75, 3.05) is 6.51 Å². The molecule has 0 aliphatic rings. The maximum absolute atomic E-state index is 4.24. The first kappa shape index (κ1) is 4.37. The molecule has 0 aliphatic carbocycles. The first-order chi connectivity index (χ1) is 1.91. The van der Waals surface area contributed by atoms with Gasteiger partial charge >= 0.3 is 0 Å². The molecule has 0 unspecified atom stereocenters. The van der Waals surface area contributed by atoms with E-state index in [1.54, 1.807) is 0 Å². The average Bonchev–Trinajstić information content (AvgIpc) is 1.37. The molecule has 0 amide bonds. The van der Waals surface area contributed by atoms with E-state index < -0.39 is 0 Å². The summed E-state index contributed by atoms with van der Waals surface area (Å²) in [5.74, 6) is 0. The molecule has 0 fully saturated rings. The Hall–Kier alpha value is 0.375. The van der Waals surface area contributed by atoms with Crippen LogP contribution in [0.5, 0.6) is 0 Å². The molecule has 0 atom stereocenters. The van der Waals surface area contributed by atoms with Crippen molar-refractivity contribution >= 4 is 20.8 Å². The van der Waals surface area contributed by atoms with Crippen LogP contribution in [0, 0.1) is 0 Å². The number of rotatable bonds is 1. The lowest BCUT2D eigenvalue weighted by molar-refractivity contribution is 0.468. The minimum Gasteiger partial charge on any atom is -0.328 e. The third kappa shape index (κ3) is 2.37. The highest BCUT2D eigenvalue weighted by atomic mass is 32.1. The van der Waals surface area contributed by atoms with Gasteiger partial charge in [-0.15, -0.1) is 0 Å². The van der Waals surface area contributed by atoms with Crippen molar-refractivity contribution < 1.29 is 4.18 Å². The Morgan fingerprint density at radius 2 is 2.25 bits per heavy atom. The highest BCUT2D eigenvalue weighted by Gasteiger charge is 1.55. The van der Waals surface area contributed by atoms with Crippen LogP contribution in [0.4, 0.5) is 0 Å². The second kappa shape index (κ2) is 3.37. The molecule has 0 saturated heterocycles. The van der Waals surface area contributed by atoms with Gasteiger partial charge in [-0.2, -0.15) is 0 Å². The molecule has 0 heterocycles. The summed E-state index contributed by atoms with van der Waals surface area (Å²) in [7, 11) is 1.88. The molecule has 1 nitrogen and oxygen atoms in total. The van der Waals surface area contributed by atoms with Crippen molar-refractivity contribution in [1.82, 2.24) is 0 Å². The SMILES string of the molecule is BCOS. The van der Waals surface area contributed by atoms with Gasteiger partial charge in [0.2, 0.25) is 0 Å². The van der Waals surface area contributed by atoms with Crippen LogP contribution in [-0.2, 0) is 4.18 Å². The van der Waals surface area contributed by atoms with E-state index in [0.29, 0.717) is 6.51 Å². The number of hydrogen-bond acceptors (Lipinski definition) is 2. The lowest BCUT2D eigenvalue weighted by atomic mass is 10.2. The lowest BCUT2D eigenvalue weighted by Crippen LogP contribution is -1.74. The fraction of sp³-hybridized carbons (Fsp3) is 1.00. The summed E-state index contributed by atoms with van der Waals surface area (Å²) in [6.07, 6.45) is 0. The summed E-state index contributed by atoms with van der Waals surface area (Å²) >= 11 is 3.42. The largest absolute Gasteiger partial charge is 0.328 e. The maximum Gasteiger partial charge on any atom is 0.136 e. The summed E-state index contributed by atoms with van der Waals surface area (Å²) in [4.78, 5) is 0. The molecule has 0 aromatic heterocycles. The molecule has 0 bridgehead atoms. The Morgan fingerprint density at radius 3 is 2.25 bits per heavy atom. The van der Waals surface area contributed by atoms with Gasteiger partial charge in [0.25, 0.3) is 0 Å². The van der Waals surface area contributed by atoms with Crippen molar-refractivity contribution in [3.05, 3.63) is 0 Å². The van der Waals surface area contributed by atoms with Crippen LogP contribution in [0.25, 0.3) is 0 Å². The van der Waals surface area contributed by atoms with Gasteiger partial charge in [0, 0.05) is 6.51 Å². The Morgan fingerprint density at radius 1 is 2.00 bits per heavy atom. The summed E-state index contributed by atoms with van der Waals surface area (Å²) in [5.41, 5.74) is 0. The predicted molar refractivity (Wildman–Crippen MR) is 23.5 cm³/mol. The third-order valence-corrected chi connectivity index (χ3v) is 0.387. The topological polar surface area (TPSA) is 9.23 Å². The molecule has 0 N–H and O–H groups in total. The summed E-state index contributed by atoms with van der Waals surface area (Å²) in [5, 5.41) is 0. The first-order valence-corrected chi connectivity index (χ1v) is 1.54. The molecule has 0 aliphatic heterocycles. The van der Waals surface area contributed by atoms with E-state index in [-0.39, 0.29) is 0 Å².